The summed E-state index contributed by atoms with van der Waals surface area (Å²) in [6.07, 6.45) is 0. The van der Waals surface area contributed by atoms with Crippen LogP contribution in [0.1, 0.15) is 38.1 Å². The van der Waals surface area contributed by atoms with Crippen molar-refractivity contribution in [1.82, 2.24) is 15.7 Å². The molecule has 0 bridgehead atoms. The lowest BCUT2D eigenvalue weighted by molar-refractivity contribution is 0.0955. The molecule has 4 rings (SSSR count). The van der Waals surface area contributed by atoms with E-state index in [-0.39, 0.29) is 26.6 Å². The number of aromatic nitrogens is 1. The van der Waals surface area contributed by atoms with Gasteiger partial charge >= 0.3 is 0 Å². The summed E-state index contributed by atoms with van der Waals surface area (Å²) in [6, 6.07) is 19.4. The summed E-state index contributed by atoms with van der Waals surface area (Å²) in [5, 5.41) is 9.01. The van der Waals surface area contributed by atoms with Crippen LogP contribution in [0.4, 0.5) is 0 Å². The lowest BCUT2D eigenvalue weighted by Crippen LogP contribution is -2.69. The quantitative estimate of drug-likeness (QED) is 0.322. The average Bonchev–Trinajstić information content (AvgIpc) is 2.77. The molecule has 2 atom stereocenters. The Morgan fingerprint density at radius 3 is 2.22 bits per heavy atom. The Labute approximate surface area is 205 Å². The van der Waals surface area contributed by atoms with Crippen molar-refractivity contribution in [3.63, 3.8) is 0 Å². The van der Waals surface area contributed by atoms with Crippen LogP contribution in [-0.4, -0.2) is 37.3 Å². The monoisotopic (exact) mass is 556 g/mol. The number of alkyl halides is 2. The van der Waals surface area contributed by atoms with Gasteiger partial charge in [0.2, 0.25) is 0 Å². The van der Waals surface area contributed by atoms with Gasteiger partial charge in [-0.1, -0.05) is 80.4 Å². The number of carbonyl (C=O) groups is 1. The number of hydrazone groups is 1. The van der Waals surface area contributed by atoms with Gasteiger partial charge in [-0.3, -0.25) is 4.79 Å². The van der Waals surface area contributed by atoms with Crippen LogP contribution >= 0.6 is 31.9 Å². The fourth-order valence-electron chi connectivity index (χ4n) is 4.23. The first-order valence-corrected chi connectivity index (χ1v) is 12.3. The van der Waals surface area contributed by atoms with Gasteiger partial charge in [0.15, 0.2) is 0 Å². The van der Waals surface area contributed by atoms with Gasteiger partial charge < -0.3 is 5.32 Å². The molecule has 0 saturated carbocycles. The molecule has 2 aromatic carbocycles. The molecule has 2 heterocycles. The summed E-state index contributed by atoms with van der Waals surface area (Å²) in [4.78, 5) is 18.0. The van der Waals surface area contributed by atoms with Gasteiger partial charge in [0.05, 0.1) is 32.1 Å². The number of rotatable bonds is 3. The van der Waals surface area contributed by atoms with Crippen LogP contribution in [-0.2, 0) is 0 Å². The van der Waals surface area contributed by atoms with E-state index in [2.05, 4.69) is 75.4 Å². The highest BCUT2D eigenvalue weighted by atomic mass is 79.9. The van der Waals surface area contributed by atoms with E-state index in [9.17, 15) is 4.79 Å². The minimum absolute atomic E-state index is 0.0539. The molecule has 2 N–H and O–H groups in total. The van der Waals surface area contributed by atoms with E-state index in [0.29, 0.717) is 5.56 Å². The molecule has 1 aliphatic rings. The molecule has 5 nitrogen and oxygen atoms in total. The van der Waals surface area contributed by atoms with E-state index in [1.165, 1.54) is 0 Å². The van der Waals surface area contributed by atoms with E-state index in [0.717, 1.165) is 27.9 Å². The molecule has 1 saturated heterocycles. The Kier molecular flexibility index (Phi) is 6.27. The molecule has 1 aromatic heterocycles. The van der Waals surface area contributed by atoms with E-state index < -0.39 is 0 Å². The molecule has 2 unspecified atom stereocenters. The highest BCUT2D eigenvalue weighted by Gasteiger charge is 2.48. The second kappa shape index (κ2) is 8.69. The number of para-hydroxylation sites is 1. The fourth-order valence-corrected chi connectivity index (χ4v) is 5.55. The summed E-state index contributed by atoms with van der Waals surface area (Å²) < 4.78 is 0. The van der Waals surface area contributed by atoms with Crippen LogP contribution < -0.4 is 10.7 Å². The largest absolute Gasteiger partial charge is 0.304 e. The highest BCUT2D eigenvalue weighted by Crippen LogP contribution is 2.35. The highest BCUT2D eigenvalue weighted by molar-refractivity contribution is 9.10. The third-order valence-electron chi connectivity index (χ3n) is 5.75. The molecule has 32 heavy (non-hydrogen) atoms. The number of halogens is 2. The van der Waals surface area contributed by atoms with Crippen molar-refractivity contribution in [3.05, 3.63) is 66.2 Å². The first-order chi connectivity index (χ1) is 15.1. The zero-order chi connectivity index (χ0) is 23.1. The van der Waals surface area contributed by atoms with E-state index >= 15 is 0 Å². The number of nitrogens with zero attached hydrogens (tertiary/aromatic N) is 2. The third-order valence-corrected chi connectivity index (χ3v) is 8.98. The van der Waals surface area contributed by atoms with Crippen molar-refractivity contribution in [2.75, 3.05) is 0 Å². The summed E-state index contributed by atoms with van der Waals surface area (Å²) in [5.41, 5.74) is 6.21. The minimum Gasteiger partial charge on any atom is -0.304 e. The second-order valence-corrected chi connectivity index (χ2v) is 11.0. The smallest absolute Gasteiger partial charge is 0.272 e. The Morgan fingerprint density at radius 2 is 1.56 bits per heavy atom. The second-order valence-electron chi connectivity index (χ2n) is 9.21. The third kappa shape index (κ3) is 4.38. The number of nitrogens with one attached hydrogen (secondary N) is 2. The van der Waals surface area contributed by atoms with Gasteiger partial charge in [-0.2, -0.15) is 5.10 Å². The Hall–Kier alpha value is -2.09. The molecular weight excluding hydrogens is 532 g/mol. The molecule has 166 valence electrons. The van der Waals surface area contributed by atoms with Crippen molar-refractivity contribution >= 4 is 54.4 Å². The Bertz CT molecular complexity index is 1170. The fraction of sp³-hybridized carbons (Fsp3) is 0.320. The molecule has 1 amide bonds. The molecule has 7 heteroatoms. The normalized spacial score (nSPS) is 21.9. The van der Waals surface area contributed by atoms with Crippen molar-refractivity contribution in [1.29, 1.82) is 0 Å². The van der Waals surface area contributed by atoms with Gasteiger partial charge in [-0.05, 0) is 39.8 Å². The van der Waals surface area contributed by atoms with Crippen molar-refractivity contribution in [2.24, 2.45) is 5.10 Å². The summed E-state index contributed by atoms with van der Waals surface area (Å²) >= 11 is 7.54. The number of carbonyl (C=O) groups excluding carboxylic acids is 1. The number of hydrogen-bond acceptors (Lipinski definition) is 4. The first-order valence-electron chi connectivity index (χ1n) is 10.5. The van der Waals surface area contributed by atoms with Crippen molar-refractivity contribution in [2.45, 2.75) is 48.4 Å². The molecular formula is C25H26Br2N4O. The number of piperidine rings is 1. The molecule has 0 aliphatic carbocycles. The predicted molar refractivity (Wildman–Crippen MR) is 139 cm³/mol. The molecule has 1 fully saturated rings. The van der Waals surface area contributed by atoms with Crippen LogP contribution in [0.3, 0.4) is 0 Å². The van der Waals surface area contributed by atoms with Crippen molar-refractivity contribution in [3.8, 4) is 11.3 Å². The standard InChI is InChI=1S/C25H26Br2N4O/c1-24(2)21(26)20(22(27)25(3,4)31-24)29-30-23(32)17-14-19(15-10-6-5-7-11-15)28-18-13-9-8-12-16(17)18/h5-14,21-22,31H,1-4H3,(H,30,32). The number of amides is 1. The summed E-state index contributed by atoms with van der Waals surface area (Å²) in [7, 11) is 0. The lowest BCUT2D eigenvalue weighted by Gasteiger charge is -2.49. The summed E-state index contributed by atoms with van der Waals surface area (Å²) in [6.45, 7) is 8.47. The molecule has 3 aromatic rings. The Morgan fingerprint density at radius 1 is 0.969 bits per heavy atom. The van der Waals surface area contributed by atoms with Gasteiger partial charge in [-0.15, -0.1) is 0 Å². The Balaban J connectivity index is 1.73. The molecule has 1 aliphatic heterocycles. The maximum Gasteiger partial charge on any atom is 0.272 e. The van der Waals surface area contributed by atoms with Crippen LogP contribution in [0.2, 0.25) is 0 Å². The van der Waals surface area contributed by atoms with Crippen LogP contribution in [0, 0.1) is 0 Å². The van der Waals surface area contributed by atoms with E-state index in [4.69, 9.17) is 4.98 Å². The SMILES string of the molecule is CC1(C)NC(C)(C)C(Br)C(=NNC(=O)c2cc(-c3ccccc3)nc3ccccc23)C1Br. The zero-order valence-corrected chi connectivity index (χ0v) is 21.7. The average molecular weight is 558 g/mol. The number of pyridine rings is 1. The van der Waals surface area contributed by atoms with Gasteiger partial charge in [-0.25, -0.2) is 10.4 Å². The van der Waals surface area contributed by atoms with Crippen LogP contribution in [0.15, 0.2) is 65.8 Å². The first kappa shape index (κ1) is 23.1. The van der Waals surface area contributed by atoms with Gasteiger partial charge in [0, 0.05) is 22.0 Å². The zero-order valence-electron chi connectivity index (χ0n) is 18.5. The lowest BCUT2D eigenvalue weighted by atomic mass is 9.81. The van der Waals surface area contributed by atoms with E-state index in [1.54, 1.807) is 0 Å². The maximum atomic E-state index is 13.3. The minimum atomic E-state index is -0.262. The van der Waals surface area contributed by atoms with Gasteiger partial charge in [0.1, 0.15) is 0 Å². The maximum absolute atomic E-state index is 13.3. The van der Waals surface area contributed by atoms with Gasteiger partial charge in [0.25, 0.3) is 5.91 Å². The number of fused-ring (bicyclic) bond motifs is 1. The molecule has 0 spiro atoms. The predicted octanol–water partition coefficient (Wildman–Crippen LogP) is 5.68. The van der Waals surface area contributed by atoms with Crippen LogP contribution in [0.25, 0.3) is 22.2 Å². The number of benzene rings is 2. The van der Waals surface area contributed by atoms with E-state index in [1.807, 2.05) is 60.7 Å². The molecule has 0 radical (unpaired) electrons. The number of hydrogen-bond donors (Lipinski definition) is 2. The van der Waals surface area contributed by atoms with Crippen molar-refractivity contribution < 1.29 is 4.79 Å². The van der Waals surface area contributed by atoms with Crippen LogP contribution in [0.5, 0.6) is 0 Å². The summed E-state index contributed by atoms with van der Waals surface area (Å²) in [5.74, 6) is -0.262. The topological polar surface area (TPSA) is 66.4 Å².